The van der Waals surface area contributed by atoms with Gasteiger partial charge in [0, 0.05) is 42.7 Å². The number of pyridine rings is 1. The number of aliphatic imine (C=N–C) groups is 1. The molecule has 1 saturated heterocycles. The van der Waals surface area contributed by atoms with Crippen LogP contribution in [0.15, 0.2) is 53.9 Å². The smallest absolute Gasteiger partial charge is 0.282 e. The Kier molecular flexibility index (Phi) is 4.10. The van der Waals surface area contributed by atoms with Crippen molar-refractivity contribution < 1.29 is 8.78 Å². The van der Waals surface area contributed by atoms with Crippen LogP contribution in [0.5, 0.6) is 0 Å². The molecule has 8 heteroatoms. The molecule has 1 fully saturated rings. The average molecular weight is 368 g/mol. The Morgan fingerprint density at radius 1 is 1.26 bits per heavy atom. The van der Waals surface area contributed by atoms with Crippen LogP contribution in [0.2, 0.25) is 0 Å². The van der Waals surface area contributed by atoms with Crippen molar-refractivity contribution in [1.29, 1.82) is 0 Å². The van der Waals surface area contributed by atoms with Gasteiger partial charge in [-0.05, 0) is 17.7 Å². The van der Waals surface area contributed by atoms with Crippen LogP contribution in [-0.4, -0.2) is 47.0 Å². The number of nitrogens with zero attached hydrogens (tertiary/aromatic N) is 5. The van der Waals surface area contributed by atoms with E-state index >= 15 is 0 Å². The second kappa shape index (κ2) is 6.46. The molecule has 0 unspecified atom stereocenters. The van der Waals surface area contributed by atoms with Crippen LogP contribution >= 0.6 is 0 Å². The third-order valence-electron chi connectivity index (χ3n) is 4.49. The Morgan fingerprint density at radius 3 is 2.78 bits per heavy atom. The van der Waals surface area contributed by atoms with E-state index in [1.54, 1.807) is 47.4 Å². The summed E-state index contributed by atoms with van der Waals surface area (Å²) in [6.07, 6.45) is 6.56. The van der Waals surface area contributed by atoms with E-state index in [1.165, 1.54) is 6.20 Å². The van der Waals surface area contributed by atoms with Crippen LogP contribution in [0.3, 0.4) is 0 Å². The first-order valence-electron chi connectivity index (χ1n) is 8.42. The molecule has 6 nitrogen and oxygen atoms in total. The minimum Gasteiger partial charge on any atom is -0.404 e. The van der Waals surface area contributed by atoms with Crippen LogP contribution in [0.25, 0.3) is 22.2 Å². The molecular weight excluding hydrogens is 350 g/mol. The summed E-state index contributed by atoms with van der Waals surface area (Å²) in [7, 11) is 1.68. The number of halogens is 2. The maximum Gasteiger partial charge on any atom is 0.282 e. The van der Waals surface area contributed by atoms with Crippen molar-refractivity contribution in [3.8, 4) is 5.69 Å². The van der Waals surface area contributed by atoms with E-state index in [9.17, 15) is 8.78 Å². The lowest BCUT2D eigenvalue weighted by molar-refractivity contribution is -0.0267. The normalized spacial score (nSPS) is 16.9. The SMILES string of the molecule is CN=CC(=CN)c1ccc2cnn(-c3ccnc(N4CC(F)(F)C4)c3)c2c1. The number of nitrogens with two attached hydrogens (primary N) is 1. The Hall–Kier alpha value is -3.29. The molecule has 0 saturated carbocycles. The van der Waals surface area contributed by atoms with Crippen LogP contribution in [0.4, 0.5) is 14.6 Å². The van der Waals surface area contributed by atoms with Gasteiger partial charge in [-0.1, -0.05) is 12.1 Å². The maximum absolute atomic E-state index is 13.2. The van der Waals surface area contributed by atoms with Gasteiger partial charge in [0.2, 0.25) is 0 Å². The zero-order valence-corrected chi connectivity index (χ0v) is 14.7. The first-order chi connectivity index (χ1) is 13.0. The molecule has 1 aromatic carbocycles. The minimum absolute atomic E-state index is 0.311. The summed E-state index contributed by atoms with van der Waals surface area (Å²) >= 11 is 0. The van der Waals surface area contributed by atoms with E-state index in [0.717, 1.165) is 27.7 Å². The Bertz CT molecular complexity index is 1050. The lowest BCUT2D eigenvalue weighted by Crippen LogP contribution is -2.56. The minimum atomic E-state index is -2.64. The summed E-state index contributed by atoms with van der Waals surface area (Å²) in [5.41, 5.74) is 9.04. The molecule has 0 atom stereocenters. The van der Waals surface area contributed by atoms with Gasteiger partial charge >= 0.3 is 0 Å². The van der Waals surface area contributed by atoms with Crippen molar-refractivity contribution >= 4 is 28.5 Å². The Morgan fingerprint density at radius 2 is 2.07 bits per heavy atom. The quantitative estimate of drug-likeness (QED) is 0.719. The second-order valence-electron chi connectivity index (χ2n) is 6.42. The number of alkyl halides is 2. The van der Waals surface area contributed by atoms with Crippen LogP contribution < -0.4 is 10.6 Å². The fourth-order valence-electron chi connectivity index (χ4n) is 3.14. The Balaban J connectivity index is 1.74. The highest BCUT2D eigenvalue weighted by molar-refractivity contribution is 6.10. The first kappa shape index (κ1) is 17.1. The predicted octanol–water partition coefficient (Wildman–Crippen LogP) is 2.88. The summed E-state index contributed by atoms with van der Waals surface area (Å²) in [5, 5.41) is 5.40. The number of anilines is 1. The zero-order chi connectivity index (χ0) is 19.0. The number of aromatic nitrogens is 3. The molecular formula is C19H18F2N6. The van der Waals surface area contributed by atoms with Crippen molar-refractivity contribution in [1.82, 2.24) is 14.8 Å². The molecule has 0 amide bonds. The predicted molar refractivity (Wildman–Crippen MR) is 103 cm³/mol. The van der Waals surface area contributed by atoms with Gasteiger partial charge in [0.1, 0.15) is 5.82 Å². The number of benzene rings is 1. The van der Waals surface area contributed by atoms with Gasteiger partial charge in [-0.3, -0.25) is 4.99 Å². The van der Waals surface area contributed by atoms with Crippen molar-refractivity contribution in [2.45, 2.75) is 5.92 Å². The molecule has 3 aromatic rings. The topological polar surface area (TPSA) is 72.3 Å². The van der Waals surface area contributed by atoms with Crippen LogP contribution in [0, 0.1) is 0 Å². The zero-order valence-electron chi connectivity index (χ0n) is 14.7. The summed E-state index contributed by atoms with van der Waals surface area (Å²) in [4.78, 5) is 9.78. The van der Waals surface area contributed by atoms with Gasteiger partial charge in [0.15, 0.2) is 0 Å². The summed E-state index contributed by atoms with van der Waals surface area (Å²) < 4.78 is 28.1. The molecule has 4 rings (SSSR count). The molecule has 1 aliphatic heterocycles. The fraction of sp³-hybridized carbons (Fsp3) is 0.211. The van der Waals surface area contributed by atoms with Crippen molar-refractivity contribution in [2.24, 2.45) is 10.7 Å². The highest BCUT2D eigenvalue weighted by atomic mass is 19.3. The van der Waals surface area contributed by atoms with Gasteiger partial charge in [-0.15, -0.1) is 0 Å². The third-order valence-corrected chi connectivity index (χ3v) is 4.49. The van der Waals surface area contributed by atoms with Gasteiger partial charge in [0.05, 0.1) is 30.5 Å². The van der Waals surface area contributed by atoms with E-state index in [4.69, 9.17) is 5.73 Å². The van der Waals surface area contributed by atoms with Gasteiger partial charge in [0.25, 0.3) is 5.92 Å². The molecule has 2 N–H and O–H groups in total. The lowest BCUT2D eigenvalue weighted by Gasteiger charge is -2.39. The molecule has 0 bridgehead atoms. The van der Waals surface area contributed by atoms with Gasteiger partial charge < -0.3 is 10.6 Å². The summed E-state index contributed by atoms with van der Waals surface area (Å²) in [6, 6.07) is 9.45. The third kappa shape index (κ3) is 3.14. The van der Waals surface area contributed by atoms with Crippen LogP contribution in [0.1, 0.15) is 5.56 Å². The number of hydrogen-bond acceptors (Lipinski definition) is 5. The summed E-state index contributed by atoms with van der Waals surface area (Å²) in [5.74, 6) is -2.13. The number of rotatable bonds is 4. The van der Waals surface area contributed by atoms with E-state index in [0.29, 0.717) is 5.82 Å². The molecule has 0 spiro atoms. The lowest BCUT2D eigenvalue weighted by atomic mass is 10.1. The molecule has 138 valence electrons. The largest absolute Gasteiger partial charge is 0.404 e. The highest BCUT2D eigenvalue weighted by Gasteiger charge is 2.44. The summed E-state index contributed by atoms with van der Waals surface area (Å²) in [6.45, 7) is -0.622. The van der Waals surface area contributed by atoms with Gasteiger partial charge in [-0.2, -0.15) is 5.10 Å². The van der Waals surface area contributed by atoms with Crippen molar-refractivity contribution in [3.05, 3.63) is 54.5 Å². The fourth-order valence-corrected chi connectivity index (χ4v) is 3.14. The molecule has 1 aliphatic rings. The second-order valence-corrected chi connectivity index (χ2v) is 6.42. The maximum atomic E-state index is 13.2. The molecule has 0 radical (unpaired) electrons. The van der Waals surface area contributed by atoms with Crippen LogP contribution in [-0.2, 0) is 0 Å². The average Bonchev–Trinajstić information content (AvgIpc) is 3.07. The van der Waals surface area contributed by atoms with E-state index in [2.05, 4.69) is 15.1 Å². The van der Waals surface area contributed by atoms with E-state index in [-0.39, 0.29) is 13.1 Å². The highest BCUT2D eigenvalue weighted by Crippen LogP contribution is 2.31. The molecule has 27 heavy (non-hydrogen) atoms. The molecule has 3 heterocycles. The first-order valence-corrected chi connectivity index (χ1v) is 8.42. The van der Waals surface area contributed by atoms with Crippen molar-refractivity contribution in [3.63, 3.8) is 0 Å². The number of hydrogen-bond donors (Lipinski definition) is 1. The Labute approximate surface area is 154 Å². The number of fused-ring (bicyclic) bond motifs is 1. The monoisotopic (exact) mass is 368 g/mol. The van der Waals surface area contributed by atoms with E-state index < -0.39 is 5.92 Å². The molecule has 2 aromatic heterocycles. The van der Waals surface area contributed by atoms with Crippen molar-refractivity contribution in [2.75, 3.05) is 25.0 Å². The van der Waals surface area contributed by atoms with Gasteiger partial charge in [-0.25, -0.2) is 18.4 Å². The molecule has 0 aliphatic carbocycles. The number of allylic oxidation sites excluding steroid dienone is 1. The standard InChI is InChI=1S/C19H18F2N6/c1-23-9-15(8-22)13-2-3-14-10-25-27(17(14)6-13)16-4-5-24-18(7-16)26-11-19(20,21)12-26/h2-10H,11-12,22H2,1H3. The van der Waals surface area contributed by atoms with E-state index in [1.807, 2.05) is 18.2 Å².